The maximum atomic E-state index is 12.3. The molecule has 1 saturated heterocycles. The molecular weight excluding hydrogens is 366 g/mol. The van der Waals surface area contributed by atoms with Crippen LogP contribution in [0, 0.1) is 0 Å². The van der Waals surface area contributed by atoms with Crippen molar-refractivity contribution >= 4 is 11.8 Å². The summed E-state index contributed by atoms with van der Waals surface area (Å²) in [6.07, 6.45) is 7.41. The van der Waals surface area contributed by atoms with E-state index in [4.69, 9.17) is 0 Å². The highest BCUT2D eigenvalue weighted by Crippen LogP contribution is 2.24. The number of hydrogen-bond acceptors (Lipinski definition) is 4. The predicted molar refractivity (Wildman–Crippen MR) is 112 cm³/mol. The summed E-state index contributed by atoms with van der Waals surface area (Å²) < 4.78 is 1.84. The van der Waals surface area contributed by atoms with Gasteiger partial charge in [0.2, 0.25) is 11.8 Å². The molecule has 156 valence electrons. The number of likely N-dealkylation sites (N-methyl/N-ethyl adjacent to an activating group) is 1. The van der Waals surface area contributed by atoms with Crippen molar-refractivity contribution in [1.82, 2.24) is 25.3 Å². The minimum Gasteiger partial charge on any atom is -0.355 e. The first-order chi connectivity index (χ1) is 14.1. The number of hydrogen-bond donors (Lipinski definition) is 2. The van der Waals surface area contributed by atoms with Crippen LogP contribution in [0.2, 0.25) is 0 Å². The van der Waals surface area contributed by atoms with Gasteiger partial charge in [0.1, 0.15) is 0 Å². The van der Waals surface area contributed by atoms with E-state index in [-0.39, 0.29) is 23.9 Å². The third-order valence-electron chi connectivity index (χ3n) is 5.62. The molecule has 0 aliphatic carbocycles. The average molecular weight is 398 g/mol. The number of carbonyl (C=O) groups is 2. The monoisotopic (exact) mass is 397 g/mol. The van der Waals surface area contributed by atoms with Crippen LogP contribution in [0.25, 0.3) is 0 Å². The number of nitrogens with zero attached hydrogens (tertiary/aromatic N) is 3. The van der Waals surface area contributed by atoms with Crippen molar-refractivity contribution < 1.29 is 9.59 Å². The molecule has 2 N–H and O–H groups in total. The van der Waals surface area contributed by atoms with Crippen LogP contribution < -0.4 is 10.6 Å². The smallest absolute Gasteiger partial charge is 0.221 e. The molecule has 1 aromatic heterocycles. The molecule has 1 aliphatic heterocycles. The van der Waals surface area contributed by atoms with E-state index in [1.807, 2.05) is 47.3 Å². The molecule has 2 aromatic rings. The van der Waals surface area contributed by atoms with E-state index in [1.54, 1.807) is 6.20 Å². The number of nitrogens with one attached hydrogen (secondary N) is 2. The van der Waals surface area contributed by atoms with Gasteiger partial charge in [-0.25, -0.2) is 0 Å². The second-order valence-electron chi connectivity index (χ2n) is 7.69. The lowest BCUT2D eigenvalue weighted by Crippen LogP contribution is -2.42. The molecule has 7 heteroatoms. The number of likely N-dealkylation sites (tertiary alicyclic amines) is 1. The topological polar surface area (TPSA) is 79.3 Å². The van der Waals surface area contributed by atoms with Crippen LogP contribution in [0.15, 0.2) is 48.8 Å². The average Bonchev–Trinajstić information content (AvgIpc) is 3.36. The van der Waals surface area contributed by atoms with Gasteiger partial charge < -0.3 is 10.6 Å². The zero-order valence-electron chi connectivity index (χ0n) is 17.1. The summed E-state index contributed by atoms with van der Waals surface area (Å²) in [5.74, 6) is 0.156. The molecule has 0 bridgehead atoms. The first-order valence-corrected chi connectivity index (χ1v) is 10.4. The Morgan fingerprint density at radius 2 is 1.86 bits per heavy atom. The number of aryl methyl sites for hydroxylation is 1. The summed E-state index contributed by atoms with van der Waals surface area (Å²) in [6.45, 7) is 1.96. The Morgan fingerprint density at radius 1 is 1.07 bits per heavy atom. The molecule has 3 rings (SSSR count). The molecule has 0 radical (unpaired) electrons. The third-order valence-corrected chi connectivity index (χ3v) is 5.62. The first-order valence-electron chi connectivity index (χ1n) is 10.4. The maximum Gasteiger partial charge on any atom is 0.221 e. The van der Waals surface area contributed by atoms with Crippen molar-refractivity contribution in [2.24, 2.45) is 0 Å². The molecule has 1 aliphatic rings. The second kappa shape index (κ2) is 10.8. The van der Waals surface area contributed by atoms with Crippen molar-refractivity contribution in [1.29, 1.82) is 0 Å². The molecule has 0 spiro atoms. The van der Waals surface area contributed by atoms with E-state index in [0.29, 0.717) is 25.9 Å². The van der Waals surface area contributed by atoms with E-state index in [0.717, 1.165) is 31.4 Å². The highest BCUT2D eigenvalue weighted by atomic mass is 16.2. The molecular formula is C22H31N5O2. The van der Waals surface area contributed by atoms with Gasteiger partial charge in [-0.1, -0.05) is 30.3 Å². The van der Waals surface area contributed by atoms with Crippen molar-refractivity contribution in [3.63, 3.8) is 0 Å². The molecule has 2 atom stereocenters. The van der Waals surface area contributed by atoms with Crippen LogP contribution in [0.3, 0.4) is 0 Å². The van der Waals surface area contributed by atoms with Crippen LogP contribution >= 0.6 is 0 Å². The van der Waals surface area contributed by atoms with Gasteiger partial charge in [-0.3, -0.25) is 19.2 Å². The number of carbonyl (C=O) groups excluding carboxylic acids is 2. The quantitative estimate of drug-likeness (QED) is 0.642. The fourth-order valence-corrected chi connectivity index (χ4v) is 3.82. The predicted octanol–water partition coefficient (Wildman–Crippen LogP) is 1.95. The van der Waals surface area contributed by atoms with Crippen molar-refractivity contribution in [2.75, 3.05) is 13.6 Å². The van der Waals surface area contributed by atoms with Crippen LogP contribution in [-0.2, 0) is 22.7 Å². The second-order valence-corrected chi connectivity index (χ2v) is 7.69. The summed E-state index contributed by atoms with van der Waals surface area (Å²) in [4.78, 5) is 26.6. The van der Waals surface area contributed by atoms with E-state index >= 15 is 0 Å². The molecule has 0 saturated carbocycles. The maximum absolute atomic E-state index is 12.3. The summed E-state index contributed by atoms with van der Waals surface area (Å²) in [5, 5.41) is 10.2. The zero-order chi connectivity index (χ0) is 20.5. The van der Waals surface area contributed by atoms with Gasteiger partial charge in [0.15, 0.2) is 0 Å². The van der Waals surface area contributed by atoms with E-state index in [9.17, 15) is 9.59 Å². The Balaban J connectivity index is 1.32. The van der Waals surface area contributed by atoms with Crippen LogP contribution in [0.4, 0.5) is 0 Å². The van der Waals surface area contributed by atoms with Crippen LogP contribution in [0.5, 0.6) is 0 Å². The lowest BCUT2D eigenvalue weighted by molar-refractivity contribution is -0.123. The Bertz CT molecular complexity index is 763. The van der Waals surface area contributed by atoms with Crippen LogP contribution in [-0.4, -0.2) is 52.2 Å². The number of benzene rings is 1. The minimum atomic E-state index is 0.0778. The Hall–Kier alpha value is -2.67. The van der Waals surface area contributed by atoms with Crippen molar-refractivity contribution in [2.45, 2.75) is 57.3 Å². The zero-order valence-corrected chi connectivity index (χ0v) is 17.1. The third kappa shape index (κ3) is 6.71. The molecule has 0 unspecified atom stereocenters. The SMILES string of the molecule is CN1[C@@H](CC(=O)NCc2ccccc2)CC[C@H]1CNC(=O)CCCn1cccn1. The van der Waals surface area contributed by atoms with E-state index in [1.165, 1.54) is 0 Å². The largest absolute Gasteiger partial charge is 0.355 e. The molecule has 7 nitrogen and oxygen atoms in total. The van der Waals surface area contributed by atoms with Crippen molar-refractivity contribution in [3.05, 3.63) is 54.4 Å². The van der Waals surface area contributed by atoms with Gasteiger partial charge in [0.25, 0.3) is 0 Å². The van der Waals surface area contributed by atoms with Crippen molar-refractivity contribution in [3.8, 4) is 0 Å². The van der Waals surface area contributed by atoms with Gasteiger partial charge in [-0.2, -0.15) is 5.10 Å². The first kappa shape index (κ1) is 21.0. The Kier molecular flexibility index (Phi) is 7.81. The normalized spacial score (nSPS) is 19.2. The van der Waals surface area contributed by atoms with Gasteiger partial charge >= 0.3 is 0 Å². The molecule has 2 heterocycles. The summed E-state index contributed by atoms with van der Waals surface area (Å²) in [6, 6.07) is 12.3. The molecule has 1 fully saturated rings. The fourth-order valence-electron chi connectivity index (χ4n) is 3.82. The van der Waals surface area contributed by atoms with Gasteiger partial charge in [0, 0.05) is 57.0 Å². The Labute approximate surface area is 172 Å². The number of amides is 2. The summed E-state index contributed by atoms with van der Waals surface area (Å²) in [7, 11) is 2.05. The lowest BCUT2D eigenvalue weighted by Gasteiger charge is -2.25. The highest BCUT2D eigenvalue weighted by Gasteiger charge is 2.31. The molecule has 1 aromatic carbocycles. The standard InChI is InChI=1S/C22H31N5O2/c1-26-19(15-22(29)23-16-18-7-3-2-4-8-18)10-11-20(26)17-24-21(28)9-5-13-27-14-6-12-25-27/h2-4,6-8,12,14,19-20H,5,9-11,13,15-17H2,1H3,(H,23,29)(H,24,28)/t19-,20+/m1/s1. The summed E-state index contributed by atoms with van der Waals surface area (Å²) >= 11 is 0. The molecule has 2 amide bonds. The van der Waals surface area contributed by atoms with Gasteiger partial charge in [-0.15, -0.1) is 0 Å². The Morgan fingerprint density at radius 3 is 2.62 bits per heavy atom. The molecule has 29 heavy (non-hydrogen) atoms. The highest BCUT2D eigenvalue weighted by molar-refractivity contribution is 5.76. The lowest BCUT2D eigenvalue weighted by atomic mass is 10.1. The van der Waals surface area contributed by atoms with Crippen LogP contribution in [0.1, 0.15) is 37.7 Å². The fraction of sp³-hybridized carbons (Fsp3) is 0.500. The number of rotatable bonds is 10. The van der Waals surface area contributed by atoms with E-state index in [2.05, 4.69) is 27.7 Å². The number of aromatic nitrogens is 2. The van der Waals surface area contributed by atoms with E-state index < -0.39 is 0 Å². The minimum absolute atomic E-state index is 0.0778. The summed E-state index contributed by atoms with van der Waals surface area (Å²) in [5.41, 5.74) is 1.11. The van der Waals surface area contributed by atoms with Gasteiger partial charge in [-0.05, 0) is 37.9 Å². The van der Waals surface area contributed by atoms with Gasteiger partial charge in [0.05, 0.1) is 0 Å².